The minimum absolute atomic E-state index is 0.0121. The van der Waals surface area contributed by atoms with Gasteiger partial charge in [0.05, 0.1) is 17.7 Å². The molecule has 0 radical (unpaired) electrons. The van der Waals surface area contributed by atoms with Crippen molar-refractivity contribution in [3.8, 4) is 0 Å². The molecule has 0 aliphatic heterocycles. The Morgan fingerprint density at radius 3 is 2.26 bits per heavy atom. The first-order chi connectivity index (χ1) is 14.7. The van der Waals surface area contributed by atoms with E-state index in [4.69, 9.17) is 4.74 Å². The summed E-state index contributed by atoms with van der Waals surface area (Å²) in [7, 11) is 0. The Labute approximate surface area is 181 Å². The van der Waals surface area contributed by atoms with Crippen LogP contribution in [-0.2, 0) is 25.5 Å². The molecule has 0 spiro atoms. The van der Waals surface area contributed by atoms with Crippen molar-refractivity contribution in [3.05, 3.63) is 59.7 Å². The molecule has 0 heterocycles. The first-order valence-corrected chi connectivity index (χ1v) is 9.94. The van der Waals surface area contributed by atoms with Gasteiger partial charge in [-0.2, -0.15) is 0 Å². The maximum atomic E-state index is 12.3. The van der Waals surface area contributed by atoms with Crippen LogP contribution < -0.4 is 16.0 Å². The lowest BCUT2D eigenvalue weighted by molar-refractivity contribution is -0.146. The van der Waals surface area contributed by atoms with Gasteiger partial charge in [0.2, 0.25) is 5.91 Å². The molecule has 0 atom stereocenters. The number of ether oxygens (including phenoxy) is 1. The summed E-state index contributed by atoms with van der Waals surface area (Å²) < 4.78 is 5.03. The minimum Gasteiger partial charge on any atom is -0.455 e. The summed E-state index contributed by atoms with van der Waals surface area (Å²) in [6.07, 6.45) is -0.0121. The van der Waals surface area contributed by atoms with Gasteiger partial charge in [0.1, 0.15) is 0 Å². The maximum Gasteiger partial charge on any atom is 0.310 e. The number of hydrogen-bond donors (Lipinski definition) is 3. The summed E-state index contributed by atoms with van der Waals surface area (Å²) in [4.78, 5) is 47.6. The molecule has 8 heteroatoms. The zero-order valence-corrected chi connectivity index (χ0v) is 17.9. The number of nitrogens with one attached hydrogen (secondary N) is 3. The van der Waals surface area contributed by atoms with Gasteiger partial charge >= 0.3 is 5.97 Å². The van der Waals surface area contributed by atoms with Crippen molar-refractivity contribution in [1.29, 1.82) is 0 Å². The van der Waals surface area contributed by atoms with Crippen LogP contribution in [0.2, 0.25) is 0 Å². The third-order valence-corrected chi connectivity index (χ3v) is 4.10. The van der Waals surface area contributed by atoms with E-state index in [9.17, 15) is 19.2 Å². The van der Waals surface area contributed by atoms with Gasteiger partial charge in [-0.25, -0.2) is 0 Å². The molecule has 0 bridgehead atoms. The number of esters is 1. The maximum absolute atomic E-state index is 12.3. The van der Waals surface area contributed by atoms with Crippen LogP contribution in [-0.4, -0.2) is 36.8 Å². The SMILES string of the molecule is CC(=O)Nc1ccc(CC(=O)OCC(=O)Nc2ccccc2C(=O)NCC(C)C)cc1. The number of carbonyl (C=O) groups is 4. The van der Waals surface area contributed by atoms with Crippen LogP contribution in [0.15, 0.2) is 48.5 Å². The molecule has 0 unspecified atom stereocenters. The highest BCUT2D eigenvalue weighted by Crippen LogP contribution is 2.15. The van der Waals surface area contributed by atoms with E-state index in [0.29, 0.717) is 35.0 Å². The molecule has 2 aromatic carbocycles. The van der Waals surface area contributed by atoms with Crippen molar-refractivity contribution < 1.29 is 23.9 Å². The first kappa shape index (κ1) is 23.6. The lowest BCUT2D eigenvalue weighted by Gasteiger charge is -2.12. The summed E-state index contributed by atoms with van der Waals surface area (Å²) in [5.41, 5.74) is 1.99. The number of anilines is 2. The van der Waals surface area contributed by atoms with Crippen LogP contribution in [0.25, 0.3) is 0 Å². The lowest BCUT2D eigenvalue weighted by atomic mass is 10.1. The molecule has 0 aliphatic rings. The Morgan fingerprint density at radius 2 is 1.61 bits per heavy atom. The standard InChI is InChI=1S/C23H27N3O5/c1-15(2)13-24-23(30)19-6-4-5-7-20(19)26-21(28)14-31-22(29)12-17-8-10-18(11-9-17)25-16(3)27/h4-11,15H,12-14H2,1-3H3,(H,24,30)(H,25,27)(H,26,28). The van der Waals surface area contributed by atoms with Crippen molar-refractivity contribution in [2.24, 2.45) is 5.92 Å². The second-order valence-electron chi connectivity index (χ2n) is 7.41. The highest BCUT2D eigenvalue weighted by molar-refractivity contribution is 6.04. The van der Waals surface area contributed by atoms with Crippen molar-refractivity contribution in [1.82, 2.24) is 5.32 Å². The third kappa shape index (κ3) is 8.30. The zero-order chi connectivity index (χ0) is 22.8. The molecule has 0 fully saturated rings. The molecular formula is C23H27N3O5. The van der Waals surface area contributed by atoms with Crippen LogP contribution in [0.1, 0.15) is 36.7 Å². The Morgan fingerprint density at radius 1 is 0.935 bits per heavy atom. The molecule has 0 aromatic heterocycles. The van der Waals surface area contributed by atoms with Crippen molar-refractivity contribution in [3.63, 3.8) is 0 Å². The average Bonchev–Trinajstić information content (AvgIpc) is 2.72. The van der Waals surface area contributed by atoms with Gasteiger partial charge in [-0.1, -0.05) is 38.1 Å². The van der Waals surface area contributed by atoms with E-state index in [-0.39, 0.29) is 18.2 Å². The van der Waals surface area contributed by atoms with Gasteiger partial charge in [-0.15, -0.1) is 0 Å². The van der Waals surface area contributed by atoms with Crippen molar-refractivity contribution >= 4 is 35.1 Å². The van der Waals surface area contributed by atoms with E-state index in [2.05, 4.69) is 16.0 Å². The normalized spacial score (nSPS) is 10.3. The summed E-state index contributed by atoms with van der Waals surface area (Å²) in [5.74, 6) is -1.28. The lowest BCUT2D eigenvalue weighted by Crippen LogP contribution is -2.29. The summed E-state index contributed by atoms with van der Waals surface area (Å²) in [5, 5.41) is 8.05. The minimum atomic E-state index is -0.564. The van der Waals surface area contributed by atoms with E-state index < -0.39 is 18.5 Å². The number of hydrogen-bond acceptors (Lipinski definition) is 5. The fourth-order valence-electron chi connectivity index (χ4n) is 2.64. The van der Waals surface area contributed by atoms with Gasteiger partial charge in [-0.3, -0.25) is 19.2 Å². The Bertz CT molecular complexity index is 938. The van der Waals surface area contributed by atoms with Gasteiger partial charge in [0.25, 0.3) is 11.8 Å². The quantitative estimate of drug-likeness (QED) is 0.535. The number of carbonyl (C=O) groups excluding carboxylic acids is 4. The molecule has 3 amide bonds. The highest BCUT2D eigenvalue weighted by atomic mass is 16.5. The van der Waals surface area contributed by atoms with Crippen LogP contribution in [0.3, 0.4) is 0 Å². The highest BCUT2D eigenvalue weighted by Gasteiger charge is 2.14. The topological polar surface area (TPSA) is 114 Å². The number of benzene rings is 2. The van der Waals surface area contributed by atoms with Gasteiger partial charge < -0.3 is 20.7 Å². The van der Waals surface area contributed by atoms with Crippen LogP contribution >= 0.6 is 0 Å². The fourth-order valence-corrected chi connectivity index (χ4v) is 2.64. The molecule has 3 N–H and O–H groups in total. The average molecular weight is 425 g/mol. The van der Waals surface area contributed by atoms with Gasteiger partial charge in [0, 0.05) is 19.2 Å². The Balaban J connectivity index is 1.86. The number of para-hydroxylation sites is 1. The molecule has 0 saturated carbocycles. The summed E-state index contributed by atoms with van der Waals surface area (Å²) in [6.45, 7) is 5.43. The predicted molar refractivity (Wildman–Crippen MR) is 118 cm³/mol. The smallest absolute Gasteiger partial charge is 0.310 e. The Kier molecular flexibility index (Phi) is 8.75. The summed E-state index contributed by atoms with van der Waals surface area (Å²) >= 11 is 0. The van der Waals surface area contributed by atoms with Crippen molar-refractivity contribution in [2.75, 3.05) is 23.8 Å². The summed E-state index contributed by atoms with van der Waals surface area (Å²) in [6, 6.07) is 13.4. The number of rotatable bonds is 9. The molecule has 31 heavy (non-hydrogen) atoms. The van der Waals surface area contributed by atoms with Crippen molar-refractivity contribution in [2.45, 2.75) is 27.2 Å². The zero-order valence-electron chi connectivity index (χ0n) is 17.9. The van der Waals surface area contributed by atoms with E-state index in [1.54, 1.807) is 48.5 Å². The monoisotopic (exact) mass is 425 g/mol. The molecule has 2 aromatic rings. The third-order valence-electron chi connectivity index (χ3n) is 4.10. The van der Waals surface area contributed by atoms with Gasteiger partial charge in [-0.05, 0) is 35.7 Å². The molecule has 8 nitrogen and oxygen atoms in total. The molecule has 164 valence electrons. The first-order valence-electron chi connectivity index (χ1n) is 9.94. The predicted octanol–water partition coefficient (Wildman–Crippen LogP) is 2.76. The van der Waals surface area contributed by atoms with E-state index in [1.165, 1.54) is 6.92 Å². The van der Waals surface area contributed by atoms with Crippen LogP contribution in [0.4, 0.5) is 11.4 Å². The second kappa shape index (κ2) is 11.5. The molecule has 0 aliphatic carbocycles. The second-order valence-corrected chi connectivity index (χ2v) is 7.41. The molecule has 0 saturated heterocycles. The van der Waals surface area contributed by atoms with Gasteiger partial charge in [0.15, 0.2) is 6.61 Å². The largest absolute Gasteiger partial charge is 0.455 e. The van der Waals surface area contributed by atoms with E-state index in [0.717, 1.165) is 0 Å². The van der Waals surface area contributed by atoms with Crippen LogP contribution in [0.5, 0.6) is 0 Å². The molecule has 2 rings (SSSR count). The van der Waals surface area contributed by atoms with E-state index in [1.807, 2.05) is 13.8 Å². The molecular weight excluding hydrogens is 398 g/mol. The van der Waals surface area contributed by atoms with Crippen LogP contribution in [0, 0.1) is 5.92 Å². The Hall–Kier alpha value is -3.68. The number of amides is 3. The fraction of sp³-hybridized carbons (Fsp3) is 0.304. The van der Waals surface area contributed by atoms with E-state index >= 15 is 0 Å².